The summed E-state index contributed by atoms with van der Waals surface area (Å²) in [6, 6.07) is 1.18. The first-order valence-electron chi connectivity index (χ1n) is 6.20. The number of fused-ring (bicyclic) bond motifs is 1. The van der Waals surface area contributed by atoms with Crippen LogP contribution >= 0.6 is 11.6 Å². The largest absolute Gasteiger partial charge is 0.392 e. The van der Waals surface area contributed by atoms with E-state index in [1.165, 1.54) is 0 Å². The van der Waals surface area contributed by atoms with Crippen molar-refractivity contribution in [3.05, 3.63) is 34.9 Å². The van der Waals surface area contributed by atoms with Crippen molar-refractivity contribution < 1.29 is 15.3 Å². The van der Waals surface area contributed by atoms with E-state index in [-0.39, 0.29) is 6.61 Å². The number of pyridine rings is 1. The van der Waals surface area contributed by atoms with E-state index in [2.05, 4.69) is 9.97 Å². The van der Waals surface area contributed by atoms with Crippen molar-refractivity contribution >= 4 is 22.6 Å². The fourth-order valence-electron chi connectivity index (χ4n) is 2.60. The summed E-state index contributed by atoms with van der Waals surface area (Å²) >= 11 is 5.96. The first kappa shape index (κ1) is 13.5. The average Bonchev–Trinajstić information content (AvgIpc) is 2.93. The van der Waals surface area contributed by atoms with Crippen LogP contribution in [-0.2, 0) is 0 Å². The van der Waals surface area contributed by atoms with Crippen LogP contribution in [0.5, 0.6) is 0 Å². The summed E-state index contributed by atoms with van der Waals surface area (Å²) in [5, 5.41) is 29.5. The van der Waals surface area contributed by atoms with Crippen LogP contribution in [-0.4, -0.2) is 48.7 Å². The minimum Gasteiger partial charge on any atom is -0.392 e. The molecule has 0 aromatic carbocycles. The van der Waals surface area contributed by atoms with Crippen LogP contribution in [0.2, 0.25) is 5.15 Å². The molecule has 3 unspecified atom stereocenters. The van der Waals surface area contributed by atoms with Gasteiger partial charge in [0.2, 0.25) is 0 Å². The van der Waals surface area contributed by atoms with Gasteiger partial charge in [-0.1, -0.05) is 17.7 Å². The van der Waals surface area contributed by atoms with Gasteiger partial charge in [-0.15, -0.1) is 0 Å². The van der Waals surface area contributed by atoms with Crippen molar-refractivity contribution in [3.63, 3.8) is 0 Å². The van der Waals surface area contributed by atoms with Crippen LogP contribution in [0.1, 0.15) is 11.7 Å². The molecule has 0 radical (unpaired) electrons. The first-order valence-corrected chi connectivity index (χ1v) is 6.58. The summed E-state index contributed by atoms with van der Waals surface area (Å²) in [5.41, 5.74) is 2.53. The van der Waals surface area contributed by atoms with Crippen molar-refractivity contribution in [3.8, 4) is 0 Å². The average molecular weight is 296 g/mol. The van der Waals surface area contributed by atoms with Gasteiger partial charge in [0.25, 0.3) is 0 Å². The van der Waals surface area contributed by atoms with E-state index in [4.69, 9.17) is 11.6 Å². The molecule has 3 atom stereocenters. The number of halogens is 1. The Bertz CT molecular complexity index is 697. The summed E-state index contributed by atoms with van der Waals surface area (Å²) in [6.07, 6.45) is 1.13. The number of aliphatic hydroxyl groups is 3. The second-order valence-electron chi connectivity index (χ2n) is 4.88. The van der Waals surface area contributed by atoms with Crippen molar-refractivity contribution in [2.75, 3.05) is 6.61 Å². The minimum atomic E-state index is -1.07. The summed E-state index contributed by atoms with van der Waals surface area (Å²) < 4.78 is 1.73. The van der Waals surface area contributed by atoms with Crippen LogP contribution in [0, 0.1) is 6.92 Å². The van der Waals surface area contributed by atoms with Gasteiger partial charge in [-0.3, -0.25) is 0 Å². The zero-order valence-corrected chi connectivity index (χ0v) is 11.5. The molecule has 0 saturated heterocycles. The molecule has 1 aliphatic carbocycles. The molecule has 0 amide bonds. The zero-order valence-electron chi connectivity index (χ0n) is 10.7. The van der Waals surface area contributed by atoms with Gasteiger partial charge in [0.15, 0.2) is 0 Å². The molecule has 6 nitrogen and oxygen atoms in total. The maximum atomic E-state index is 10.1. The molecule has 2 heterocycles. The van der Waals surface area contributed by atoms with E-state index >= 15 is 0 Å². The smallest absolute Gasteiger partial charge is 0.131 e. The fraction of sp³-hybridized carbons (Fsp3) is 0.385. The third-order valence-corrected chi connectivity index (χ3v) is 3.84. The molecule has 0 saturated carbocycles. The number of imidazole rings is 1. The van der Waals surface area contributed by atoms with E-state index in [1.54, 1.807) is 30.0 Å². The number of nitrogens with zero attached hydrogens (tertiary/aromatic N) is 3. The van der Waals surface area contributed by atoms with E-state index in [0.717, 1.165) is 5.52 Å². The van der Waals surface area contributed by atoms with Crippen LogP contribution < -0.4 is 0 Å². The van der Waals surface area contributed by atoms with Crippen molar-refractivity contribution in [2.24, 2.45) is 0 Å². The first-order chi connectivity index (χ1) is 9.52. The highest BCUT2D eigenvalue weighted by molar-refractivity contribution is 6.30. The number of aryl methyl sites for hydroxylation is 1. The highest BCUT2D eigenvalue weighted by atomic mass is 35.5. The Balaban J connectivity index is 2.14. The maximum Gasteiger partial charge on any atom is 0.131 e. The van der Waals surface area contributed by atoms with Gasteiger partial charge in [-0.05, 0) is 12.5 Å². The van der Waals surface area contributed by atoms with Crippen LogP contribution in [0.3, 0.4) is 0 Å². The SMILES string of the molecule is Cc1nc(Cl)cc2c1ncn2C1C=C(CO)C(O)C1O. The third kappa shape index (κ3) is 1.92. The number of hydrogen-bond donors (Lipinski definition) is 3. The molecule has 2 aromatic rings. The van der Waals surface area contributed by atoms with Gasteiger partial charge in [-0.25, -0.2) is 9.97 Å². The Morgan fingerprint density at radius 3 is 2.80 bits per heavy atom. The van der Waals surface area contributed by atoms with Gasteiger partial charge in [0.1, 0.15) is 22.9 Å². The van der Waals surface area contributed by atoms with Crippen LogP contribution in [0.25, 0.3) is 11.0 Å². The van der Waals surface area contributed by atoms with E-state index in [0.29, 0.717) is 21.9 Å². The predicted octanol–water partition coefficient (Wildman–Crippen LogP) is 0.588. The van der Waals surface area contributed by atoms with E-state index in [9.17, 15) is 15.3 Å². The van der Waals surface area contributed by atoms with Crippen molar-refractivity contribution in [1.29, 1.82) is 0 Å². The normalized spacial score (nSPS) is 26.2. The molecule has 0 spiro atoms. The van der Waals surface area contributed by atoms with Gasteiger partial charge < -0.3 is 19.9 Å². The van der Waals surface area contributed by atoms with Crippen LogP contribution in [0.4, 0.5) is 0 Å². The van der Waals surface area contributed by atoms with Crippen molar-refractivity contribution in [1.82, 2.24) is 14.5 Å². The second-order valence-corrected chi connectivity index (χ2v) is 5.26. The Morgan fingerprint density at radius 1 is 1.40 bits per heavy atom. The lowest BCUT2D eigenvalue weighted by atomic mass is 10.1. The Labute approximate surface area is 120 Å². The molecule has 3 N–H and O–H groups in total. The van der Waals surface area contributed by atoms with Gasteiger partial charge >= 0.3 is 0 Å². The molecular weight excluding hydrogens is 282 g/mol. The third-order valence-electron chi connectivity index (χ3n) is 3.65. The Morgan fingerprint density at radius 2 is 2.15 bits per heavy atom. The molecular formula is C13H14ClN3O3. The van der Waals surface area contributed by atoms with E-state index in [1.807, 2.05) is 0 Å². The lowest BCUT2D eigenvalue weighted by molar-refractivity contribution is 0.0288. The van der Waals surface area contributed by atoms with Crippen molar-refractivity contribution in [2.45, 2.75) is 25.2 Å². The molecule has 0 bridgehead atoms. The molecule has 1 aliphatic rings. The lowest BCUT2D eigenvalue weighted by Gasteiger charge is -2.19. The van der Waals surface area contributed by atoms with Crippen LogP contribution in [0.15, 0.2) is 24.0 Å². The number of rotatable bonds is 2. The van der Waals surface area contributed by atoms with Gasteiger partial charge in [0.05, 0.1) is 30.2 Å². The zero-order chi connectivity index (χ0) is 14.4. The topological polar surface area (TPSA) is 91.4 Å². The molecule has 7 heteroatoms. The Hall–Kier alpha value is -1.47. The maximum absolute atomic E-state index is 10.1. The molecule has 0 fully saturated rings. The number of aliphatic hydroxyl groups excluding tert-OH is 3. The number of aromatic nitrogens is 3. The standard InChI is InChI=1S/C13H14ClN3O3/c1-6-11-8(3-10(14)16-6)17(5-15-11)9-2-7(4-18)12(19)13(9)20/h2-3,5,9,12-13,18-20H,4H2,1H3. The predicted molar refractivity (Wildman–Crippen MR) is 73.5 cm³/mol. The number of hydrogen-bond acceptors (Lipinski definition) is 5. The second kappa shape index (κ2) is 4.82. The van der Waals surface area contributed by atoms with Gasteiger partial charge in [-0.2, -0.15) is 0 Å². The Kier molecular flexibility index (Phi) is 3.25. The molecule has 106 valence electrons. The molecule has 2 aromatic heterocycles. The summed E-state index contributed by atoms with van der Waals surface area (Å²) in [4.78, 5) is 8.40. The molecule has 3 rings (SSSR count). The highest BCUT2D eigenvalue weighted by Crippen LogP contribution is 2.32. The summed E-state index contributed by atoms with van der Waals surface area (Å²) in [6.45, 7) is 1.52. The van der Waals surface area contributed by atoms with Gasteiger partial charge in [0, 0.05) is 6.07 Å². The summed E-state index contributed by atoms with van der Waals surface area (Å²) in [7, 11) is 0. The fourth-order valence-corrected chi connectivity index (χ4v) is 2.83. The quantitative estimate of drug-likeness (QED) is 0.557. The molecule has 20 heavy (non-hydrogen) atoms. The monoisotopic (exact) mass is 295 g/mol. The van der Waals surface area contributed by atoms with E-state index < -0.39 is 18.2 Å². The highest BCUT2D eigenvalue weighted by Gasteiger charge is 2.35. The molecule has 0 aliphatic heterocycles. The lowest BCUT2D eigenvalue weighted by Crippen LogP contribution is -2.29. The summed E-state index contributed by atoms with van der Waals surface area (Å²) in [5.74, 6) is 0. The minimum absolute atomic E-state index is 0.289.